The summed E-state index contributed by atoms with van der Waals surface area (Å²) in [5.74, 6) is 0.242. The first-order chi connectivity index (χ1) is 15.6. The lowest BCUT2D eigenvalue weighted by molar-refractivity contribution is -0.137. The van der Waals surface area contributed by atoms with E-state index in [1.54, 1.807) is 12.1 Å². The van der Waals surface area contributed by atoms with Gasteiger partial charge in [0.25, 0.3) is 5.91 Å². The molecule has 0 atom stereocenters. The number of unbranched alkanes of at least 4 members (excludes halogenated alkanes) is 5. The van der Waals surface area contributed by atoms with E-state index in [0.717, 1.165) is 43.5 Å². The van der Waals surface area contributed by atoms with Crippen LogP contribution in [0.2, 0.25) is 0 Å². The summed E-state index contributed by atoms with van der Waals surface area (Å²) in [6, 6.07) is 15.3. The van der Waals surface area contributed by atoms with Gasteiger partial charge in [-0.2, -0.15) is 0 Å². The molecule has 0 fully saturated rings. The molecule has 32 heavy (non-hydrogen) atoms. The molecule has 0 saturated carbocycles. The van der Waals surface area contributed by atoms with Crippen molar-refractivity contribution >= 4 is 17.6 Å². The van der Waals surface area contributed by atoms with Gasteiger partial charge in [0.2, 0.25) is 0 Å². The first-order valence-electron chi connectivity index (χ1n) is 11.5. The first kappa shape index (κ1) is 25.2. The van der Waals surface area contributed by atoms with Crippen molar-refractivity contribution in [2.24, 2.45) is 0 Å². The quantitative estimate of drug-likeness (QED) is 0.201. The Balaban J connectivity index is 1.65. The molecule has 0 saturated heterocycles. The Morgan fingerprint density at radius 1 is 0.875 bits per heavy atom. The molecule has 2 aromatic rings. The van der Waals surface area contributed by atoms with Gasteiger partial charge in [0.05, 0.1) is 13.2 Å². The standard InChI is InChI=1S/C27H35NO4/c1-3-5-8-11-22-12-16-24(17-13-22)28-27(30)23-14-18-25(19-15-23)31-20-9-6-7-10-21-32-26(29)4-2/h4,12-19H,2-3,5-11,20-21H2,1H3,(H,28,30). The van der Waals surface area contributed by atoms with Gasteiger partial charge >= 0.3 is 5.97 Å². The molecule has 5 heteroatoms. The van der Waals surface area contributed by atoms with Gasteiger partial charge in [-0.05, 0) is 80.5 Å². The first-order valence-corrected chi connectivity index (χ1v) is 11.5. The maximum atomic E-state index is 12.5. The molecule has 2 rings (SSSR count). The average Bonchev–Trinajstić information content (AvgIpc) is 2.82. The summed E-state index contributed by atoms with van der Waals surface area (Å²) < 4.78 is 10.7. The zero-order valence-corrected chi connectivity index (χ0v) is 19.1. The van der Waals surface area contributed by atoms with Crippen LogP contribution >= 0.6 is 0 Å². The summed E-state index contributed by atoms with van der Waals surface area (Å²) in [6.45, 7) is 6.61. The average molecular weight is 438 g/mol. The number of ether oxygens (including phenoxy) is 2. The number of carbonyl (C=O) groups is 2. The number of aryl methyl sites for hydroxylation is 1. The molecular formula is C27H35NO4. The molecule has 0 spiro atoms. The van der Waals surface area contributed by atoms with Crippen molar-refractivity contribution in [2.45, 2.75) is 58.3 Å². The second kappa shape index (κ2) is 14.8. The van der Waals surface area contributed by atoms with E-state index in [1.807, 2.05) is 24.3 Å². The van der Waals surface area contributed by atoms with Crippen LogP contribution in [0.25, 0.3) is 0 Å². The Hall–Kier alpha value is -3.08. The van der Waals surface area contributed by atoms with Crippen molar-refractivity contribution in [2.75, 3.05) is 18.5 Å². The SMILES string of the molecule is C=CC(=O)OCCCCCCOc1ccc(C(=O)Nc2ccc(CCCCC)cc2)cc1. The van der Waals surface area contributed by atoms with E-state index in [-0.39, 0.29) is 11.9 Å². The van der Waals surface area contributed by atoms with Gasteiger partial charge < -0.3 is 14.8 Å². The van der Waals surface area contributed by atoms with Gasteiger partial charge in [-0.25, -0.2) is 4.79 Å². The topological polar surface area (TPSA) is 64.6 Å². The lowest BCUT2D eigenvalue weighted by Crippen LogP contribution is -2.11. The fraction of sp³-hybridized carbons (Fsp3) is 0.407. The maximum Gasteiger partial charge on any atom is 0.330 e. The summed E-state index contributed by atoms with van der Waals surface area (Å²) in [7, 11) is 0. The molecule has 172 valence electrons. The molecule has 0 unspecified atom stereocenters. The Morgan fingerprint density at radius 3 is 2.22 bits per heavy atom. The van der Waals surface area contributed by atoms with Crippen LogP contribution in [0.3, 0.4) is 0 Å². The van der Waals surface area contributed by atoms with Gasteiger partial charge in [-0.1, -0.05) is 38.5 Å². The number of rotatable bonds is 15. The third-order valence-corrected chi connectivity index (χ3v) is 5.12. The second-order valence-corrected chi connectivity index (χ2v) is 7.77. The Bertz CT molecular complexity index is 828. The highest BCUT2D eigenvalue weighted by Gasteiger charge is 2.07. The van der Waals surface area contributed by atoms with Crippen LogP contribution in [0, 0.1) is 0 Å². The summed E-state index contributed by atoms with van der Waals surface area (Å²) in [5.41, 5.74) is 2.70. The normalized spacial score (nSPS) is 10.4. The maximum absolute atomic E-state index is 12.5. The van der Waals surface area contributed by atoms with E-state index >= 15 is 0 Å². The zero-order valence-electron chi connectivity index (χ0n) is 19.1. The van der Waals surface area contributed by atoms with Gasteiger partial charge in [0.15, 0.2) is 0 Å². The molecule has 0 heterocycles. The van der Waals surface area contributed by atoms with Crippen LogP contribution in [0.5, 0.6) is 5.75 Å². The van der Waals surface area contributed by atoms with Crippen LogP contribution in [-0.4, -0.2) is 25.1 Å². The predicted octanol–water partition coefficient (Wildman–Crippen LogP) is 6.34. The number of hydrogen-bond donors (Lipinski definition) is 1. The highest BCUT2D eigenvalue weighted by atomic mass is 16.5. The van der Waals surface area contributed by atoms with E-state index in [2.05, 4.69) is 31.0 Å². The van der Waals surface area contributed by atoms with Gasteiger partial charge in [0, 0.05) is 17.3 Å². The highest BCUT2D eigenvalue weighted by molar-refractivity contribution is 6.04. The van der Waals surface area contributed by atoms with Gasteiger partial charge in [-0.3, -0.25) is 4.79 Å². The third kappa shape index (κ3) is 9.82. The van der Waals surface area contributed by atoms with Crippen molar-refractivity contribution in [3.8, 4) is 5.75 Å². The lowest BCUT2D eigenvalue weighted by atomic mass is 10.1. The minimum absolute atomic E-state index is 0.132. The Morgan fingerprint density at radius 2 is 1.56 bits per heavy atom. The lowest BCUT2D eigenvalue weighted by Gasteiger charge is -2.09. The number of carbonyl (C=O) groups excluding carboxylic acids is 2. The molecular weight excluding hydrogens is 402 g/mol. The van der Waals surface area contributed by atoms with E-state index in [0.29, 0.717) is 18.8 Å². The largest absolute Gasteiger partial charge is 0.494 e. The summed E-state index contributed by atoms with van der Waals surface area (Å²) in [5, 5.41) is 2.94. The van der Waals surface area contributed by atoms with Crippen molar-refractivity contribution in [3.05, 3.63) is 72.3 Å². The van der Waals surface area contributed by atoms with E-state index in [4.69, 9.17) is 9.47 Å². The van der Waals surface area contributed by atoms with Crippen LogP contribution in [0.1, 0.15) is 67.8 Å². The van der Waals surface area contributed by atoms with Crippen LogP contribution in [-0.2, 0) is 16.0 Å². The van der Waals surface area contributed by atoms with Gasteiger partial charge in [-0.15, -0.1) is 0 Å². The van der Waals surface area contributed by atoms with Crippen molar-refractivity contribution < 1.29 is 19.1 Å². The fourth-order valence-corrected chi connectivity index (χ4v) is 3.22. The molecule has 1 amide bonds. The zero-order chi connectivity index (χ0) is 23.0. The number of nitrogens with one attached hydrogen (secondary N) is 1. The molecule has 1 N–H and O–H groups in total. The summed E-state index contributed by atoms with van der Waals surface area (Å²) in [4.78, 5) is 23.4. The second-order valence-electron chi connectivity index (χ2n) is 7.77. The Labute approximate surface area is 191 Å². The van der Waals surface area contributed by atoms with E-state index < -0.39 is 0 Å². The van der Waals surface area contributed by atoms with E-state index in [9.17, 15) is 9.59 Å². The molecule has 0 aliphatic rings. The molecule has 5 nitrogen and oxygen atoms in total. The number of anilines is 1. The predicted molar refractivity (Wildman–Crippen MR) is 129 cm³/mol. The minimum atomic E-state index is -0.374. The van der Waals surface area contributed by atoms with Crippen molar-refractivity contribution in [1.82, 2.24) is 0 Å². The molecule has 0 aliphatic heterocycles. The molecule has 2 aromatic carbocycles. The minimum Gasteiger partial charge on any atom is -0.494 e. The van der Waals surface area contributed by atoms with E-state index in [1.165, 1.54) is 30.9 Å². The summed E-state index contributed by atoms with van der Waals surface area (Å²) >= 11 is 0. The van der Waals surface area contributed by atoms with Crippen LogP contribution in [0.4, 0.5) is 5.69 Å². The monoisotopic (exact) mass is 437 g/mol. The molecule has 0 radical (unpaired) electrons. The molecule has 0 aliphatic carbocycles. The van der Waals surface area contributed by atoms with Crippen LogP contribution in [0.15, 0.2) is 61.2 Å². The number of benzene rings is 2. The number of esters is 1. The third-order valence-electron chi connectivity index (χ3n) is 5.12. The number of hydrogen-bond acceptors (Lipinski definition) is 4. The molecule has 0 bridgehead atoms. The molecule has 0 aromatic heterocycles. The summed E-state index contributed by atoms with van der Waals surface area (Å²) in [6.07, 6.45) is 9.66. The smallest absolute Gasteiger partial charge is 0.330 e. The number of amides is 1. The highest BCUT2D eigenvalue weighted by Crippen LogP contribution is 2.16. The van der Waals surface area contributed by atoms with Crippen molar-refractivity contribution in [1.29, 1.82) is 0 Å². The fourth-order valence-electron chi connectivity index (χ4n) is 3.22. The van der Waals surface area contributed by atoms with Gasteiger partial charge in [0.1, 0.15) is 5.75 Å². The Kier molecular flexibility index (Phi) is 11.7. The van der Waals surface area contributed by atoms with Crippen LogP contribution < -0.4 is 10.1 Å². The van der Waals surface area contributed by atoms with Crippen molar-refractivity contribution in [3.63, 3.8) is 0 Å².